The van der Waals surface area contributed by atoms with Crippen LogP contribution in [-0.4, -0.2) is 23.8 Å². The van der Waals surface area contributed by atoms with Gasteiger partial charge >= 0.3 is 0 Å². The fraction of sp³-hybridized carbons (Fsp3) is 1.00. The molecule has 0 bridgehead atoms. The Hall–Kier alpha value is -0.0800. The van der Waals surface area contributed by atoms with Gasteiger partial charge in [-0.2, -0.15) is 0 Å². The predicted octanol–water partition coefficient (Wildman–Crippen LogP) is 1.93. The first kappa shape index (κ1) is 11.9. The Bertz CT molecular complexity index is 102. The van der Waals surface area contributed by atoms with E-state index in [-0.39, 0.29) is 12.1 Å². The normalized spacial score (nSPS) is 12.0. The lowest BCUT2D eigenvalue weighted by Gasteiger charge is -2.23. The quantitative estimate of drug-likeness (QED) is 0.577. The van der Waals surface area contributed by atoms with Crippen molar-refractivity contribution >= 4 is 0 Å². The van der Waals surface area contributed by atoms with Gasteiger partial charge in [-0.1, -0.05) is 26.2 Å². The fourth-order valence-corrected chi connectivity index (χ4v) is 1.03. The highest BCUT2D eigenvalue weighted by Gasteiger charge is 2.13. The third kappa shape index (κ3) is 6.62. The minimum Gasteiger partial charge on any atom is -0.394 e. The number of unbranched alkanes of at least 4 members (excludes halogenated alkanes) is 3. The lowest BCUT2D eigenvalue weighted by atomic mass is 10.1. The maximum Gasteiger partial charge on any atom is 0.0607 e. The van der Waals surface area contributed by atoms with Crippen LogP contribution in [-0.2, 0) is 0 Å². The standard InChI is InChI=1S/C10H23NO/c1-4-5-6-7-8-11-10(2,3)9-12/h11-12H,4-9H2,1-3H3. The molecule has 0 aromatic rings. The minimum absolute atomic E-state index is 0.105. The van der Waals surface area contributed by atoms with Crippen LogP contribution in [0.2, 0.25) is 0 Å². The molecule has 2 nitrogen and oxygen atoms in total. The van der Waals surface area contributed by atoms with Gasteiger partial charge in [0.15, 0.2) is 0 Å². The van der Waals surface area contributed by atoms with Crippen LogP contribution in [0.15, 0.2) is 0 Å². The van der Waals surface area contributed by atoms with Crippen LogP contribution in [0.4, 0.5) is 0 Å². The second-order valence-corrected chi connectivity index (χ2v) is 4.03. The first-order chi connectivity index (χ1) is 5.62. The van der Waals surface area contributed by atoms with Gasteiger partial charge in [-0.15, -0.1) is 0 Å². The van der Waals surface area contributed by atoms with Crippen molar-refractivity contribution in [2.75, 3.05) is 13.2 Å². The molecule has 0 aliphatic carbocycles. The third-order valence-electron chi connectivity index (χ3n) is 2.03. The van der Waals surface area contributed by atoms with Gasteiger partial charge in [0.05, 0.1) is 6.61 Å². The van der Waals surface area contributed by atoms with E-state index in [0.29, 0.717) is 0 Å². The summed E-state index contributed by atoms with van der Waals surface area (Å²) in [6, 6.07) is 0. The van der Waals surface area contributed by atoms with Crippen LogP contribution in [0.5, 0.6) is 0 Å². The van der Waals surface area contributed by atoms with Crippen LogP contribution in [0.25, 0.3) is 0 Å². The molecule has 0 radical (unpaired) electrons. The van der Waals surface area contributed by atoms with E-state index in [2.05, 4.69) is 12.2 Å². The Kier molecular flexibility index (Phi) is 6.39. The summed E-state index contributed by atoms with van der Waals surface area (Å²) in [7, 11) is 0. The molecule has 0 aromatic carbocycles. The van der Waals surface area contributed by atoms with E-state index in [1.165, 1.54) is 25.7 Å². The van der Waals surface area contributed by atoms with Gasteiger partial charge in [0.25, 0.3) is 0 Å². The molecule has 0 rings (SSSR count). The van der Waals surface area contributed by atoms with Gasteiger partial charge in [0.1, 0.15) is 0 Å². The summed E-state index contributed by atoms with van der Waals surface area (Å²) in [6.45, 7) is 7.49. The summed E-state index contributed by atoms with van der Waals surface area (Å²) < 4.78 is 0. The van der Waals surface area contributed by atoms with Crippen molar-refractivity contribution in [1.82, 2.24) is 5.32 Å². The maximum atomic E-state index is 8.93. The molecule has 2 N–H and O–H groups in total. The summed E-state index contributed by atoms with van der Waals surface area (Å²) in [5.74, 6) is 0. The second-order valence-electron chi connectivity index (χ2n) is 4.03. The number of nitrogens with one attached hydrogen (secondary N) is 1. The smallest absolute Gasteiger partial charge is 0.0607 e. The van der Waals surface area contributed by atoms with Crippen molar-refractivity contribution in [3.8, 4) is 0 Å². The number of hydrogen-bond acceptors (Lipinski definition) is 2. The highest BCUT2D eigenvalue weighted by Crippen LogP contribution is 2.02. The molecule has 0 heterocycles. The van der Waals surface area contributed by atoms with Crippen LogP contribution in [0.3, 0.4) is 0 Å². The summed E-state index contributed by atoms with van der Waals surface area (Å²) in [6.07, 6.45) is 5.12. The first-order valence-corrected chi connectivity index (χ1v) is 4.98. The molecule has 0 unspecified atom stereocenters. The fourth-order valence-electron chi connectivity index (χ4n) is 1.03. The number of aliphatic hydroxyl groups is 1. The zero-order valence-corrected chi connectivity index (χ0v) is 8.69. The van der Waals surface area contributed by atoms with Gasteiger partial charge in [0, 0.05) is 5.54 Å². The monoisotopic (exact) mass is 173 g/mol. The lowest BCUT2D eigenvalue weighted by molar-refractivity contribution is 0.188. The van der Waals surface area contributed by atoms with Crippen LogP contribution < -0.4 is 5.32 Å². The molecule has 2 heteroatoms. The molecular weight excluding hydrogens is 150 g/mol. The number of aliphatic hydroxyl groups excluding tert-OH is 1. The van der Waals surface area contributed by atoms with Crippen molar-refractivity contribution in [2.24, 2.45) is 0 Å². The summed E-state index contributed by atoms with van der Waals surface area (Å²) in [5, 5.41) is 12.3. The van der Waals surface area contributed by atoms with Crippen LogP contribution in [0.1, 0.15) is 46.5 Å². The van der Waals surface area contributed by atoms with E-state index in [9.17, 15) is 0 Å². The largest absolute Gasteiger partial charge is 0.394 e. The molecule has 0 saturated heterocycles. The summed E-state index contributed by atoms with van der Waals surface area (Å²) >= 11 is 0. The predicted molar refractivity (Wildman–Crippen MR) is 53.3 cm³/mol. The minimum atomic E-state index is -0.105. The van der Waals surface area contributed by atoms with Crippen LogP contribution >= 0.6 is 0 Å². The first-order valence-electron chi connectivity index (χ1n) is 4.98. The highest BCUT2D eigenvalue weighted by molar-refractivity contribution is 4.75. The lowest BCUT2D eigenvalue weighted by Crippen LogP contribution is -2.43. The van der Waals surface area contributed by atoms with Crippen molar-refractivity contribution in [3.05, 3.63) is 0 Å². The van der Waals surface area contributed by atoms with Gasteiger partial charge in [0.2, 0.25) is 0 Å². The molecule has 0 aliphatic rings. The van der Waals surface area contributed by atoms with Crippen molar-refractivity contribution in [3.63, 3.8) is 0 Å². The Labute approximate surface area is 76.4 Å². The molecule has 12 heavy (non-hydrogen) atoms. The van der Waals surface area contributed by atoms with Crippen molar-refractivity contribution in [2.45, 2.75) is 52.0 Å². The molecule has 0 amide bonds. The summed E-state index contributed by atoms with van der Waals surface area (Å²) in [5.41, 5.74) is -0.105. The van der Waals surface area contributed by atoms with E-state index >= 15 is 0 Å². The highest BCUT2D eigenvalue weighted by atomic mass is 16.3. The SMILES string of the molecule is CCCCCCNC(C)(C)CO. The second kappa shape index (κ2) is 6.44. The van der Waals surface area contributed by atoms with E-state index in [0.717, 1.165) is 6.54 Å². The molecule has 0 aliphatic heterocycles. The van der Waals surface area contributed by atoms with E-state index < -0.39 is 0 Å². The average Bonchev–Trinajstić information content (AvgIpc) is 2.04. The van der Waals surface area contributed by atoms with Crippen LogP contribution in [0, 0.1) is 0 Å². The molecule has 0 saturated carbocycles. The van der Waals surface area contributed by atoms with Gasteiger partial charge < -0.3 is 10.4 Å². The zero-order chi connectivity index (χ0) is 9.45. The Morgan fingerprint density at radius 2 is 1.83 bits per heavy atom. The third-order valence-corrected chi connectivity index (χ3v) is 2.03. The topological polar surface area (TPSA) is 32.3 Å². The Morgan fingerprint density at radius 1 is 1.17 bits per heavy atom. The van der Waals surface area contributed by atoms with Gasteiger partial charge in [-0.05, 0) is 26.8 Å². The maximum absolute atomic E-state index is 8.93. The van der Waals surface area contributed by atoms with Gasteiger partial charge in [-0.25, -0.2) is 0 Å². The van der Waals surface area contributed by atoms with E-state index in [4.69, 9.17) is 5.11 Å². The van der Waals surface area contributed by atoms with Crippen molar-refractivity contribution < 1.29 is 5.11 Å². The number of hydrogen-bond donors (Lipinski definition) is 2. The Morgan fingerprint density at radius 3 is 2.33 bits per heavy atom. The number of rotatable bonds is 7. The molecule has 0 atom stereocenters. The average molecular weight is 173 g/mol. The van der Waals surface area contributed by atoms with E-state index in [1.54, 1.807) is 0 Å². The molecule has 74 valence electrons. The molecular formula is C10H23NO. The van der Waals surface area contributed by atoms with Crippen molar-refractivity contribution in [1.29, 1.82) is 0 Å². The zero-order valence-electron chi connectivity index (χ0n) is 8.69. The van der Waals surface area contributed by atoms with E-state index in [1.807, 2.05) is 13.8 Å². The molecule has 0 spiro atoms. The van der Waals surface area contributed by atoms with Gasteiger partial charge in [-0.3, -0.25) is 0 Å². The molecule has 0 fully saturated rings. The Balaban J connectivity index is 3.19. The molecule has 0 aromatic heterocycles. The summed E-state index contributed by atoms with van der Waals surface area (Å²) in [4.78, 5) is 0.